The molecule has 0 aliphatic rings. The maximum Gasteiger partial charge on any atom is 0.376 e. The van der Waals surface area contributed by atoms with Crippen molar-refractivity contribution in [3.05, 3.63) is 17.3 Å². The van der Waals surface area contributed by atoms with Gasteiger partial charge in [-0.05, 0) is 31.6 Å². The Labute approximate surface area is 115 Å². The summed E-state index contributed by atoms with van der Waals surface area (Å²) < 4.78 is 10.5. The van der Waals surface area contributed by atoms with E-state index in [4.69, 9.17) is 9.15 Å². The number of nitrogens with zero attached hydrogens (tertiary/aromatic N) is 1. The van der Waals surface area contributed by atoms with Crippen LogP contribution in [-0.2, 0) is 11.2 Å². The second kappa shape index (κ2) is 6.22. The zero-order chi connectivity index (χ0) is 14.6. The van der Waals surface area contributed by atoms with E-state index in [0.29, 0.717) is 24.1 Å². The molecule has 0 aliphatic carbocycles. The largest absolute Gasteiger partial charge is 0.460 e. The normalized spacial score (nSPS) is 13.4. The van der Waals surface area contributed by atoms with Crippen molar-refractivity contribution in [3.8, 4) is 0 Å². The number of aromatic nitrogens is 1. The van der Waals surface area contributed by atoms with Gasteiger partial charge in [0.05, 0.1) is 12.3 Å². The van der Waals surface area contributed by atoms with Gasteiger partial charge in [-0.1, -0.05) is 27.7 Å². The van der Waals surface area contributed by atoms with E-state index in [9.17, 15) is 4.79 Å². The third-order valence-electron chi connectivity index (χ3n) is 2.79. The first kappa shape index (κ1) is 15.7. The van der Waals surface area contributed by atoms with E-state index in [1.165, 1.54) is 0 Å². The van der Waals surface area contributed by atoms with Crippen LogP contribution in [-0.4, -0.2) is 17.6 Å². The lowest BCUT2D eigenvalue weighted by Crippen LogP contribution is -2.12. The van der Waals surface area contributed by atoms with Crippen molar-refractivity contribution in [2.75, 3.05) is 6.61 Å². The van der Waals surface area contributed by atoms with Crippen molar-refractivity contribution < 1.29 is 13.9 Å². The first-order chi connectivity index (χ1) is 8.73. The van der Waals surface area contributed by atoms with Gasteiger partial charge in [0.1, 0.15) is 0 Å². The van der Waals surface area contributed by atoms with Gasteiger partial charge in [-0.15, -0.1) is 0 Å². The first-order valence-electron chi connectivity index (χ1n) is 6.86. The first-order valence-corrected chi connectivity index (χ1v) is 6.86. The summed E-state index contributed by atoms with van der Waals surface area (Å²) in [4.78, 5) is 16.0. The second-order valence-corrected chi connectivity index (χ2v) is 6.32. The standard InChI is InChI=1S/C15H25NO3/c1-7-18-14(17)13-11(3)16-12(19-13)8-10(2)9-15(4,5)6/h10H,7-9H2,1-6H3. The molecule has 0 amide bonds. The Morgan fingerprint density at radius 1 is 1.42 bits per heavy atom. The third kappa shape index (κ3) is 5.05. The number of rotatable bonds is 5. The highest BCUT2D eigenvalue weighted by Crippen LogP contribution is 2.26. The molecular formula is C15H25NO3. The Morgan fingerprint density at radius 3 is 2.58 bits per heavy atom. The van der Waals surface area contributed by atoms with Gasteiger partial charge < -0.3 is 9.15 Å². The molecule has 108 valence electrons. The number of esters is 1. The molecule has 0 saturated heterocycles. The summed E-state index contributed by atoms with van der Waals surface area (Å²) in [7, 11) is 0. The summed E-state index contributed by atoms with van der Waals surface area (Å²) in [6.07, 6.45) is 1.83. The smallest absolute Gasteiger partial charge is 0.376 e. The van der Waals surface area contributed by atoms with Gasteiger partial charge in [0.2, 0.25) is 5.76 Å². The molecule has 4 nitrogen and oxygen atoms in total. The van der Waals surface area contributed by atoms with Gasteiger partial charge in [0.15, 0.2) is 5.89 Å². The molecule has 0 fully saturated rings. The predicted octanol–water partition coefficient (Wildman–Crippen LogP) is 3.77. The summed E-state index contributed by atoms with van der Waals surface area (Å²) in [6, 6.07) is 0. The highest BCUT2D eigenvalue weighted by Gasteiger charge is 2.21. The molecule has 1 aromatic heterocycles. The minimum absolute atomic E-state index is 0.236. The predicted molar refractivity (Wildman–Crippen MR) is 74.1 cm³/mol. The molecule has 4 heteroatoms. The second-order valence-electron chi connectivity index (χ2n) is 6.32. The van der Waals surface area contributed by atoms with E-state index < -0.39 is 5.97 Å². The van der Waals surface area contributed by atoms with E-state index in [1.807, 2.05) is 0 Å². The molecule has 0 aromatic carbocycles. The number of carbonyl (C=O) groups excluding carboxylic acids is 1. The Bertz CT molecular complexity index is 429. The highest BCUT2D eigenvalue weighted by atomic mass is 16.5. The van der Waals surface area contributed by atoms with Crippen molar-refractivity contribution in [1.29, 1.82) is 0 Å². The highest BCUT2D eigenvalue weighted by molar-refractivity contribution is 5.87. The van der Waals surface area contributed by atoms with Crippen LogP contribution in [0.25, 0.3) is 0 Å². The summed E-state index contributed by atoms with van der Waals surface area (Å²) in [5, 5.41) is 0. The number of ether oxygens (including phenoxy) is 1. The van der Waals surface area contributed by atoms with E-state index in [-0.39, 0.29) is 11.2 Å². The monoisotopic (exact) mass is 267 g/mol. The molecule has 0 N–H and O–H groups in total. The molecule has 1 atom stereocenters. The van der Waals surface area contributed by atoms with Crippen LogP contribution in [0.5, 0.6) is 0 Å². The number of oxazole rings is 1. The topological polar surface area (TPSA) is 52.3 Å². The number of carbonyl (C=O) groups is 1. The summed E-state index contributed by atoms with van der Waals surface area (Å²) in [5.74, 6) is 0.896. The van der Waals surface area contributed by atoms with Gasteiger partial charge in [-0.25, -0.2) is 9.78 Å². The van der Waals surface area contributed by atoms with E-state index >= 15 is 0 Å². The SMILES string of the molecule is CCOC(=O)c1oc(CC(C)CC(C)(C)C)nc1C. The molecule has 0 spiro atoms. The van der Waals surface area contributed by atoms with Crippen LogP contribution in [0.1, 0.15) is 63.2 Å². The number of hydrogen-bond donors (Lipinski definition) is 0. The third-order valence-corrected chi connectivity index (χ3v) is 2.79. The van der Waals surface area contributed by atoms with Crippen LogP contribution in [0.3, 0.4) is 0 Å². The van der Waals surface area contributed by atoms with E-state index in [0.717, 1.165) is 12.8 Å². The Hall–Kier alpha value is -1.32. The Morgan fingerprint density at radius 2 is 2.05 bits per heavy atom. The van der Waals surface area contributed by atoms with Crippen molar-refractivity contribution in [3.63, 3.8) is 0 Å². The summed E-state index contributed by atoms with van der Waals surface area (Å²) in [6.45, 7) is 12.7. The summed E-state index contributed by atoms with van der Waals surface area (Å²) >= 11 is 0. The van der Waals surface area contributed by atoms with Crippen LogP contribution in [0.2, 0.25) is 0 Å². The van der Waals surface area contributed by atoms with Crippen LogP contribution in [0, 0.1) is 18.3 Å². The average molecular weight is 267 g/mol. The van der Waals surface area contributed by atoms with Crippen molar-refractivity contribution in [2.45, 2.75) is 54.4 Å². The van der Waals surface area contributed by atoms with Gasteiger partial charge in [0.25, 0.3) is 0 Å². The van der Waals surface area contributed by atoms with Gasteiger partial charge in [0, 0.05) is 6.42 Å². The molecule has 0 radical (unpaired) electrons. The van der Waals surface area contributed by atoms with Gasteiger partial charge >= 0.3 is 5.97 Å². The lowest BCUT2D eigenvalue weighted by Gasteiger charge is -2.22. The Kier molecular flexibility index (Phi) is 5.15. The molecular weight excluding hydrogens is 242 g/mol. The van der Waals surface area contributed by atoms with Gasteiger partial charge in [-0.2, -0.15) is 0 Å². The molecule has 0 saturated carbocycles. The number of hydrogen-bond acceptors (Lipinski definition) is 4. The van der Waals surface area contributed by atoms with Crippen LogP contribution in [0.4, 0.5) is 0 Å². The number of aryl methyl sites for hydroxylation is 1. The van der Waals surface area contributed by atoms with Crippen LogP contribution in [0.15, 0.2) is 4.42 Å². The fourth-order valence-corrected chi connectivity index (χ4v) is 2.34. The Balaban J connectivity index is 2.71. The minimum atomic E-state index is -0.428. The zero-order valence-electron chi connectivity index (χ0n) is 12.9. The van der Waals surface area contributed by atoms with Crippen LogP contribution < -0.4 is 0 Å². The molecule has 1 aromatic rings. The fraction of sp³-hybridized carbons (Fsp3) is 0.733. The molecule has 1 unspecified atom stereocenters. The fourth-order valence-electron chi connectivity index (χ4n) is 2.34. The summed E-state index contributed by atoms with van der Waals surface area (Å²) in [5.41, 5.74) is 0.891. The minimum Gasteiger partial charge on any atom is -0.460 e. The van der Waals surface area contributed by atoms with Crippen LogP contribution >= 0.6 is 0 Å². The molecule has 19 heavy (non-hydrogen) atoms. The van der Waals surface area contributed by atoms with E-state index in [2.05, 4.69) is 32.7 Å². The average Bonchev–Trinajstić information content (AvgIpc) is 2.56. The lowest BCUT2D eigenvalue weighted by molar-refractivity contribution is 0.0486. The van der Waals surface area contributed by atoms with Crippen molar-refractivity contribution in [2.24, 2.45) is 11.3 Å². The lowest BCUT2D eigenvalue weighted by atomic mass is 9.84. The maximum atomic E-state index is 11.6. The molecule has 0 aliphatic heterocycles. The quantitative estimate of drug-likeness (QED) is 0.762. The van der Waals surface area contributed by atoms with Gasteiger partial charge in [-0.3, -0.25) is 0 Å². The van der Waals surface area contributed by atoms with Crippen molar-refractivity contribution in [1.82, 2.24) is 4.98 Å². The molecule has 1 rings (SSSR count). The zero-order valence-corrected chi connectivity index (χ0v) is 12.9. The maximum absolute atomic E-state index is 11.6. The van der Waals surface area contributed by atoms with E-state index in [1.54, 1.807) is 13.8 Å². The van der Waals surface area contributed by atoms with Crippen molar-refractivity contribution >= 4 is 5.97 Å². The molecule has 0 bridgehead atoms. The molecule has 1 heterocycles.